The minimum Gasteiger partial charge on any atom is -0.406 e. The molecule has 0 bridgehead atoms. The quantitative estimate of drug-likeness (QED) is 0.855. The zero-order valence-electron chi connectivity index (χ0n) is 14.4. The number of carbonyl (C=O) groups is 1. The molecule has 5 nitrogen and oxygen atoms in total. The third kappa shape index (κ3) is 5.43. The van der Waals surface area contributed by atoms with E-state index in [1.807, 2.05) is 6.07 Å². The molecule has 1 saturated heterocycles. The summed E-state index contributed by atoms with van der Waals surface area (Å²) in [5.74, 6) is -0.747. The molecule has 1 atom stereocenters. The number of ether oxygens (including phenoxy) is 2. The van der Waals surface area contributed by atoms with Gasteiger partial charge in [-0.3, -0.25) is 9.78 Å². The highest BCUT2D eigenvalue weighted by Crippen LogP contribution is 2.30. The number of alkyl halides is 3. The summed E-state index contributed by atoms with van der Waals surface area (Å²) in [7, 11) is 0. The molecular formula is C19H19F3N2O3. The molecular weight excluding hydrogens is 361 g/mol. The molecule has 27 heavy (non-hydrogen) atoms. The van der Waals surface area contributed by atoms with Crippen molar-refractivity contribution in [1.29, 1.82) is 0 Å². The number of nitrogens with one attached hydrogen (secondary N) is 1. The van der Waals surface area contributed by atoms with Crippen LogP contribution in [0.4, 0.5) is 13.2 Å². The van der Waals surface area contributed by atoms with Gasteiger partial charge >= 0.3 is 6.36 Å². The van der Waals surface area contributed by atoms with Crippen molar-refractivity contribution in [3.05, 3.63) is 59.9 Å². The SMILES string of the molecule is O=C(N[C@@H](c1cccnc1)C1CCOCC1)c1cccc(OC(F)(F)F)c1. The lowest BCUT2D eigenvalue weighted by Crippen LogP contribution is -2.36. The summed E-state index contributed by atoms with van der Waals surface area (Å²) in [5.41, 5.74) is 0.943. The second-order valence-corrected chi connectivity index (χ2v) is 6.26. The average molecular weight is 380 g/mol. The van der Waals surface area contributed by atoms with E-state index in [0.717, 1.165) is 30.5 Å². The van der Waals surface area contributed by atoms with Crippen LogP contribution < -0.4 is 10.1 Å². The van der Waals surface area contributed by atoms with E-state index in [1.165, 1.54) is 12.1 Å². The van der Waals surface area contributed by atoms with Gasteiger partial charge in [-0.05, 0) is 48.6 Å². The van der Waals surface area contributed by atoms with Crippen molar-refractivity contribution in [2.24, 2.45) is 5.92 Å². The highest BCUT2D eigenvalue weighted by atomic mass is 19.4. The fourth-order valence-corrected chi connectivity index (χ4v) is 3.14. The van der Waals surface area contributed by atoms with Crippen LogP contribution in [0.15, 0.2) is 48.8 Å². The van der Waals surface area contributed by atoms with Crippen LogP contribution in [0, 0.1) is 5.92 Å². The van der Waals surface area contributed by atoms with E-state index in [-0.39, 0.29) is 17.5 Å². The third-order valence-electron chi connectivity index (χ3n) is 4.40. The molecule has 0 saturated carbocycles. The summed E-state index contributed by atoms with van der Waals surface area (Å²) in [6, 6.07) is 8.38. The predicted octanol–water partition coefficient (Wildman–Crippen LogP) is 3.88. The number of benzene rings is 1. The first-order valence-electron chi connectivity index (χ1n) is 8.57. The number of halogens is 3. The Balaban J connectivity index is 1.79. The molecule has 1 aromatic heterocycles. The van der Waals surface area contributed by atoms with Crippen LogP contribution in [0.3, 0.4) is 0 Å². The Morgan fingerprint density at radius 1 is 1.22 bits per heavy atom. The zero-order chi connectivity index (χ0) is 19.3. The Bertz CT molecular complexity index is 762. The van der Waals surface area contributed by atoms with Crippen molar-refractivity contribution in [3.8, 4) is 5.75 Å². The van der Waals surface area contributed by atoms with Gasteiger partial charge in [0, 0.05) is 31.2 Å². The maximum Gasteiger partial charge on any atom is 0.573 e. The van der Waals surface area contributed by atoms with Crippen molar-refractivity contribution in [1.82, 2.24) is 10.3 Å². The van der Waals surface area contributed by atoms with Gasteiger partial charge in [-0.15, -0.1) is 13.2 Å². The van der Waals surface area contributed by atoms with Crippen molar-refractivity contribution in [3.63, 3.8) is 0 Å². The zero-order valence-corrected chi connectivity index (χ0v) is 14.4. The second-order valence-electron chi connectivity index (χ2n) is 6.26. The number of rotatable bonds is 5. The summed E-state index contributed by atoms with van der Waals surface area (Å²) < 4.78 is 46.5. The molecule has 1 amide bonds. The molecule has 0 aliphatic carbocycles. The molecule has 1 fully saturated rings. The van der Waals surface area contributed by atoms with Crippen molar-refractivity contribution < 1.29 is 27.4 Å². The number of hydrogen-bond donors (Lipinski definition) is 1. The van der Waals surface area contributed by atoms with E-state index in [9.17, 15) is 18.0 Å². The average Bonchev–Trinajstić information content (AvgIpc) is 2.66. The predicted molar refractivity (Wildman–Crippen MR) is 91.1 cm³/mol. The molecule has 1 N–H and O–H groups in total. The van der Waals surface area contributed by atoms with Gasteiger partial charge in [0.25, 0.3) is 5.91 Å². The summed E-state index contributed by atoms with van der Waals surface area (Å²) >= 11 is 0. The fourth-order valence-electron chi connectivity index (χ4n) is 3.14. The van der Waals surface area contributed by atoms with Crippen LogP contribution in [0.25, 0.3) is 0 Å². The topological polar surface area (TPSA) is 60.5 Å². The van der Waals surface area contributed by atoms with Crippen molar-refractivity contribution in [2.45, 2.75) is 25.2 Å². The third-order valence-corrected chi connectivity index (χ3v) is 4.40. The number of nitrogens with zero attached hydrogens (tertiary/aromatic N) is 1. The summed E-state index contributed by atoms with van der Waals surface area (Å²) in [6.07, 6.45) is 0.0669. The number of hydrogen-bond acceptors (Lipinski definition) is 4. The minimum absolute atomic E-state index is 0.0951. The second kappa shape index (κ2) is 8.39. The first-order chi connectivity index (χ1) is 12.9. The van der Waals surface area contributed by atoms with Crippen LogP contribution in [-0.2, 0) is 4.74 Å². The van der Waals surface area contributed by atoms with Crippen LogP contribution in [0.5, 0.6) is 5.75 Å². The fraction of sp³-hybridized carbons (Fsp3) is 0.368. The van der Waals surface area contributed by atoms with Gasteiger partial charge in [0.05, 0.1) is 6.04 Å². The molecule has 1 aliphatic heterocycles. The smallest absolute Gasteiger partial charge is 0.406 e. The molecule has 0 unspecified atom stereocenters. The lowest BCUT2D eigenvalue weighted by Gasteiger charge is -2.31. The minimum atomic E-state index is -4.81. The maximum absolute atomic E-state index is 12.7. The van der Waals surface area contributed by atoms with Gasteiger partial charge < -0.3 is 14.8 Å². The largest absolute Gasteiger partial charge is 0.573 e. The van der Waals surface area contributed by atoms with Crippen molar-refractivity contribution in [2.75, 3.05) is 13.2 Å². The van der Waals surface area contributed by atoms with Crippen LogP contribution in [-0.4, -0.2) is 30.5 Å². The molecule has 8 heteroatoms. The summed E-state index contributed by atoms with van der Waals surface area (Å²) in [4.78, 5) is 16.8. The number of carbonyl (C=O) groups excluding carboxylic acids is 1. The molecule has 0 spiro atoms. The van der Waals surface area contributed by atoms with E-state index in [0.29, 0.717) is 13.2 Å². The Morgan fingerprint density at radius 2 is 2.00 bits per heavy atom. The van der Waals surface area contributed by atoms with Gasteiger partial charge in [0.2, 0.25) is 0 Å². The highest BCUT2D eigenvalue weighted by molar-refractivity contribution is 5.94. The van der Waals surface area contributed by atoms with E-state index in [1.54, 1.807) is 18.5 Å². The molecule has 2 aromatic rings. The standard InChI is InChI=1S/C19H19F3N2O3/c20-19(21,22)27-16-5-1-3-14(11-16)18(25)24-17(13-6-9-26-10-7-13)15-4-2-8-23-12-15/h1-5,8,11-13,17H,6-7,9-10H2,(H,24,25)/t17-/m1/s1. The first-order valence-corrected chi connectivity index (χ1v) is 8.57. The Hall–Kier alpha value is -2.61. The normalized spacial score (nSPS) is 16.6. The van der Waals surface area contributed by atoms with Crippen LogP contribution in [0.1, 0.15) is 34.8 Å². The van der Waals surface area contributed by atoms with Gasteiger partial charge in [-0.2, -0.15) is 0 Å². The van der Waals surface area contributed by atoms with E-state index >= 15 is 0 Å². The molecule has 144 valence electrons. The highest BCUT2D eigenvalue weighted by Gasteiger charge is 2.31. The van der Waals surface area contributed by atoms with E-state index in [4.69, 9.17) is 4.74 Å². The van der Waals surface area contributed by atoms with Crippen LogP contribution in [0.2, 0.25) is 0 Å². The summed E-state index contributed by atoms with van der Waals surface area (Å²) in [5, 5.41) is 2.94. The van der Waals surface area contributed by atoms with Gasteiger partial charge in [0.1, 0.15) is 5.75 Å². The van der Waals surface area contributed by atoms with Crippen molar-refractivity contribution >= 4 is 5.91 Å². The lowest BCUT2D eigenvalue weighted by molar-refractivity contribution is -0.274. The Morgan fingerprint density at radius 3 is 2.67 bits per heavy atom. The Labute approximate surface area is 154 Å². The molecule has 2 heterocycles. The van der Waals surface area contributed by atoms with E-state index < -0.39 is 18.0 Å². The summed E-state index contributed by atoms with van der Waals surface area (Å²) in [6.45, 7) is 1.21. The lowest BCUT2D eigenvalue weighted by atomic mass is 9.87. The molecule has 3 rings (SSSR count). The van der Waals surface area contributed by atoms with E-state index in [2.05, 4.69) is 15.0 Å². The molecule has 1 aromatic carbocycles. The van der Waals surface area contributed by atoms with Gasteiger partial charge in [0.15, 0.2) is 0 Å². The first kappa shape index (κ1) is 19.2. The number of amides is 1. The number of aromatic nitrogens is 1. The van der Waals surface area contributed by atoms with Gasteiger partial charge in [-0.1, -0.05) is 12.1 Å². The maximum atomic E-state index is 12.7. The molecule has 0 radical (unpaired) electrons. The Kier molecular flexibility index (Phi) is 5.95. The molecule has 1 aliphatic rings. The van der Waals surface area contributed by atoms with Gasteiger partial charge in [-0.25, -0.2) is 0 Å². The van der Waals surface area contributed by atoms with Crippen LogP contribution >= 0.6 is 0 Å². The monoisotopic (exact) mass is 380 g/mol. The number of pyridine rings is 1.